The largest absolute Gasteiger partial charge is 0.462 e. The lowest BCUT2D eigenvalue weighted by Gasteiger charge is -2.18. The second-order valence-electron chi connectivity index (χ2n) is 22.4. The van der Waals surface area contributed by atoms with E-state index in [1.807, 2.05) is 0 Å². The molecule has 0 saturated carbocycles. The molecule has 0 aromatic rings. The van der Waals surface area contributed by atoms with Crippen molar-refractivity contribution in [1.29, 1.82) is 0 Å². The summed E-state index contributed by atoms with van der Waals surface area (Å²) in [5.41, 5.74) is 0. The number of rotatable bonds is 61. The van der Waals surface area contributed by atoms with Crippen molar-refractivity contribution >= 4 is 17.9 Å². The van der Waals surface area contributed by atoms with Crippen LogP contribution < -0.4 is 0 Å². The molecule has 438 valence electrons. The summed E-state index contributed by atoms with van der Waals surface area (Å²) in [7, 11) is 0. The quantitative estimate of drug-likeness (QED) is 0.0261. The first kappa shape index (κ1) is 72.4. The summed E-state index contributed by atoms with van der Waals surface area (Å²) in [5, 5.41) is 0. The van der Waals surface area contributed by atoms with E-state index in [-0.39, 0.29) is 31.1 Å². The van der Waals surface area contributed by atoms with Crippen molar-refractivity contribution in [2.24, 2.45) is 0 Å². The maximum absolute atomic E-state index is 12.8. The van der Waals surface area contributed by atoms with Gasteiger partial charge in [0.2, 0.25) is 0 Å². The topological polar surface area (TPSA) is 78.9 Å². The third-order valence-electron chi connectivity index (χ3n) is 14.8. The molecule has 0 saturated heterocycles. The Labute approximate surface area is 467 Å². The zero-order valence-electron chi connectivity index (χ0n) is 50.3. The van der Waals surface area contributed by atoms with Crippen LogP contribution in [0.15, 0.2) is 48.6 Å². The summed E-state index contributed by atoms with van der Waals surface area (Å²) in [4.78, 5) is 37.9. The van der Waals surface area contributed by atoms with Crippen LogP contribution >= 0.6 is 0 Å². The minimum absolute atomic E-state index is 0.0666. The monoisotopic (exact) mass is 1050 g/mol. The van der Waals surface area contributed by atoms with Crippen LogP contribution in [-0.2, 0) is 28.6 Å². The predicted octanol–water partition coefficient (Wildman–Crippen LogP) is 22.6. The smallest absolute Gasteiger partial charge is 0.306 e. The van der Waals surface area contributed by atoms with Crippen molar-refractivity contribution in [3.05, 3.63) is 48.6 Å². The van der Waals surface area contributed by atoms with Crippen LogP contribution in [-0.4, -0.2) is 37.2 Å². The maximum Gasteiger partial charge on any atom is 0.306 e. The van der Waals surface area contributed by atoms with Gasteiger partial charge in [-0.05, 0) is 57.8 Å². The van der Waals surface area contributed by atoms with Crippen LogP contribution in [0, 0.1) is 0 Å². The van der Waals surface area contributed by atoms with E-state index in [1.54, 1.807) is 0 Å². The standard InChI is InChI=1S/C69H126O6/c1-4-7-10-13-15-17-19-21-23-25-27-28-29-30-31-32-33-34-35-36-37-38-39-40-42-43-45-47-49-51-53-56-59-62-68(71)74-65-66(64-73-67(70)61-58-55-12-9-6-3)75-69(72)63-60-57-54-52-50-48-46-44-41-26-24-22-20-18-16-14-11-8-5-2/h7,10,15,17,21,23,27-28,66H,4-6,8-9,11-14,16,18-20,22,24-26,29-65H2,1-3H3/b10-7-,17-15-,23-21-,28-27-. The number of hydrogen-bond donors (Lipinski definition) is 0. The van der Waals surface area contributed by atoms with Gasteiger partial charge in [-0.25, -0.2) is 0 Å². The fourth-order valence-electron chi connectivity index (χ4n) is 9.91. The van der Waals surface area contributed by atoms with Gasteiger partial charge in [0.15, 0.2) is 6.10 Å². The van der Waals surface area contributed by atoms with Crippen LogP contribution in [0.1, 0.15) is 355 Å². The maximum atomic E-state index is 12.8. The Hall–Kier alpha value is -2.63. The first-order valence-electron chi connectivity index (χ1n) is 33.1. The minimum Gasteiger partial charge on any atom is -0.462 e. The SMILES string of the molecule is CC/C=C\C/C=C\C/C=C\C/C=C\CCCCCCCCCCCCCCCCCCCCCCC(=O)OCC(COC(=O)CCCCCCC)OC(=O)CCCCCCCCCCCCCCCCCCCCC. The molecule has 0 N–H and O–H groups in total. The second-order valence-corrected chi connectivity index (χ2v) is 22.4. The molecule has 1 atom stereocenters. The highest BCUT2D eigenvalue weighted by Crippen LogP contribution is 2.18. The zero-order chi connectivity index (χ0) is 54.3. The highest BCUT2D eigenvalue weighted by molar-refractivity contribution is 5.71. The van der Waals surface area contributed by atoms with E-state index in [1.165, 1.54) is 225 Å². The molecule has 0 bridgehead atoms. The van der Waals surface area contributed by atoms with Gasteiger partial charge >= 0.3 is 17.9 Å². The number of hydrogen-bond acceptors (Lipinski definition) is 6. The molecule has 0 radical (unpaired) electrons. The fraction of sp³-hybridized carbons (Fsp3) is 0.841. The zero-order valence-corrected chi connectivity index (χ0v) is 50.3. The molecular formula is C69H126O6. The average molecular weight is 1050 g/mol. The van der Waals surface area contributed by atoms with Crippen LogP contribution in [0.25, 0.3) is 0 Å². The van der Waals surface area contributed by atoms with Crippen molar-refractivity contribution in [2.45, 2.75) is 361 Å². The molecule has 1 unspecified atom stereocenters. The molecule has 0 aliphatic heterocycles. The Balaban J connectivity index is 3.90. The summed E-state index contributed by atoms with van der Waals surface area (Å²) in [6, 6.07) is 0. The van der Waals surface area contributed by atoms with E-state index >= 15 is 0 Å². The summed E-state index contributed by atoms with van der Waals surface area (Å²) in [5.74, 6) is -0.857. The summed E-state index contributed by atoms with van der Waals surface area (Å²) >= 11 is 0. The van der Waals surface area contributed by atoms with E-state index in [9.17, 15) is 14.4 Å². The van der Waals surface area contributed by atoms with Gasteiger partial charge in [-0.1, -0.05) is 326 Å². The van der Waals surface area contributed by atoms with Gasteiger partial charge in [0.05, 0.1) is 0 Å². The molecule has 6 heteroatoms. The van der Waals surface area contributed by atoms with E-state index < -0.39 is 6.10 Å². The first-order chi connectivity index (χ1) is 37.0. The first-order valence-corrected chi connectivity index (χ1v) is 33.1. The Morgan fingerprint density at radius 3 is 0.813 bits per heavy atom. The Kier molecular flexibility index (Phi) is 61.7. The van der Waals surface area contributed by atoms with Crippen LogP contribution in [0.3, 0.4) is 0 Å². The number of carbonyl (C=O) groups excluding carboxylic acids is 3. The van der Waals surface area contributed by atoms with Crippen LogP contribution in [0.4, 0.5) is 0 Å². The Bertz CT molecular complexity index is 1300. The second kappa shape index (κ2) is 63.9. The molecule has 0 aromatic carbocycles. The van der Waals surface area contributed by atoms with Crippen molar-refractivity contribution in [1.82, 2.24) is 0 Å². The van der Waals surface area contributed by atoms with Gasteiger partial charge in [-0.3, -0.25) is 14.4 Å². The molecule has 0 fully saturated rings. The molecule has 0 spiro atoms. The normalized spacial score (nSPS) is 12.3. The molecule has 0 aromatic heterocycles. The lowest BCUT2D eigenvalue weighted by atomic mass is 10.0. The van der Waals surface area contributed by atoms with Crippen molar-refractivity contribution in [3.8, 4) is 0 Å². The Morgan fingerprint density at radius 2 is 0.520 bits per heavy atom. The van der Waals surface area contributed by atoms with E-state index in [4.69, 9.17) is 14.2 Å². The molecular weight excluding hydrogens is 925 g/mol. The van der Waals surface area contributed by atoms with Gasteiger partial charge in [-0.15, -0.1) is 0 Å². The summed E-state index contributed by atoms with van der Waals surface area (Å²) in [6.07, 6.45) is 80.5. The lowest BCUT2D eigenvalue weighted by Crippen LogP contribution is -2.30. The van der Waals surface area contributed by atoms with Gasteiger partial charge in [0.1, 0.15) is 13.2 Å². The Morgan fingerprint density at radius 1 is 0.280 bits per heavy atom. The van der Waals surface area contributed by atoms with E-state index in [2.05, 4.69) is 69.4 Å². The number of esters is 3. The van der Waals surface area contributed by atoms with Gasteiger partial charge in [0.25, 0.3) is 0 Å². The van der Waals surface area contributed by atoms with Crippen molar-refractivity contribution < 1.29 is 28.6 Å². The predicted molar refractivity (Wildman–Crippen MR) is 325 cm³/mol. The summed E-state index contributed by atoms with van der Waals surface area (Å²) in [6.45, 7) is 6.50. The number of unbranched alkanes of at least 4 members (excludes halogenated alkanes) is 42. The highest BCUT2D eigenvalue weighted by Gasteiger charge is 2.19. The average Bonchev–Trinajstić information content (AvgIpc) is 3.41. The number of carbonyl (C=O) groups is 3. The molecule has 0 heterocycles. The van der Waals surface area contributed by atoms with Gasteiger partial charge in [0, 0.05) is 19.3 Å². The van der Waals surface area contributed by atoms with Crippen molar-refractivity contribution in [3.63, 3.8) is 0 Å². The molecule has 0 aliphatic carbocycles. The van der Waals surface area contributed by atoms with E-state index in [0.717, 1.165) is 89.9 Å². The van der Waals surface area contributed by atoms with Crippen LogP contribution in [0.5, 0.6) is 0 Å². The molecule has 0 amide bonds. The molecule has 0 aliphatic rings. The highest BCUT2D eigenvalue weighted by atomic mass is 16.6. The third-order valence-corrected chi connectivity index (χ3v) is 14.8. The lowest BCUT2D eigenvalue weighted by molar-refractivity contribution is -0.167. The molecule has 75 heavy (non-hydrogen) atoms. The van der Waals surface area contributed by atoms with Crippen molar-refractivity contribution in [2.75, 3.05) is 13.2 Å². The van der Waals surface area contributed by atoms with Gasteiger partial charge < -0.3 is 14.2 Å². The van der Waals surface area contributed by atoms with Crippen LogP contribution in [0.2, 0.25) is 0 Å². The fourth-order valence-corrected chi connectivity index (χ4v) is 9.91. The number of ether oxygens (including phenoxy) is 3. The minimum atomic E-state index is -0.764. The summed E-state index contributed by atoms with van der Waals surface area (Å²) < 4.78 is 16.8. The van der Waals surface area contributed by atoms with E-state index in [0.29, 0.717) is 19.3 Å². The third kappa shape index (κ3) is 62.1. The van der Waals surface area contributed by atoms with Gasteiger partial charge in [-0.2, -0.15) is 0 Å². The molecule has 6 nitrogen and oxygen atoms in total. The number of allylic oxidation sites excluding steroid dienone is 8. The molecule has 0 rings (SSSR count).